The lowest BCUT2D eigenvalue weighted by molar-refractivity contribution is 0.233. The summed E-state index contributed by atoms with van der Waals surface area (Å²) >= 11 is 7.49. The number of urea groups is 1. The number of halogens is 1. The minimum Gasteiger partial charge on any atom is -0.307 e. The third kappa shape index (κ3) is 4.27. The van der Waals surface area contributed by atoms with Crippen molar-refractivity contribution in [3.8, 4) is 0 Å². The number of aliphatic imine (C=N–C) groups is 1. The maximum Gasteiger partial charge on any atom is 0.328 e. The zero-order valence-corrected chi connectivity index (χ0v) is 14.7. The lowest BCUT2D eigenvalue weighted by atomic mass is 10.3. The second-order valence-corrected chi connectivity index (χ2v) is 7.28. The largest absolute Gasteiger partial charge is 0.328 e. The number of amides is 2. The van der Waals surface area contributed by atoms with Crippen LogP contribution in [0, 0.1) is 0 Å². The molecule has 0 saturated heterocycles. The van der Waals surface area contributed by atoms with Crippen LogP contribution in [0.25, 0.3) is 0 Å². The lowest BCUT2D eigenvalue weighted by Gasteiger charge is -2.22. The quantitative estimate of drug-likeness (QED) is 0.889. The molecule has 2 heterocycles. The third-order valence-electron chi connectivity index (χ3n) is 3.43. The van der Waals surface area contributed by atoms with Gasteiger partial charge in [0.05, 0.1) is 13.1 Å². The van der Waals surface area contributed by atoms with E-state index in [1.165, 1.54) is 0 Å². The average Bonchev–Trinajstić information content (AvgIpc) is 3.02. The van der Waals surface area contributed by atoms with Gasteiger partial charge in [-0.3, -0.25) is 14.9 Å². The first-order chi connectivity index (χ1) is 11.6. The highest BCUT2D eigenvalue weighted by Gasteiger charge is 2.26. The van der Waals surface area contributed by atoms with Crippen molar-refractivity contribution in [3.63, 3.8) is 0 Å². The molecule has 2 amide bonds. The fraction of sp³-hybridized carbons (Fsp3) is 0.235. The van der Waals surface area contributed by atoms with Crippen LogP contribution in [0.4, 0.5) is 10.5 Å². The van der Waals surface area contributed by atoms with E-state index in [4.69, 9.17) is 11.6 Å². The van der Waals surface area contributed by atoms with Crippen molar-refractivity contribution in [2.45, 2.75) is 18.7 Å². The van der Waals surface area contributed by atoms with Crippen LogP contribution in [-0.2, 0) is 6.54 Å². The zero-order chi connectivity index (χ0) is 16.9. The predicted molar refractivity (Wildman–Crippen MR) is 99.6 cm³/mol. The predicted octanol–water partition coefficient (Wildman–Crippen LogP) is 4.26. The van der Waals surface area contributed by atoms with E-state index in [0.29, 0.717) is 22.5 Å². The second kappa shape index (κ2) is 7.68. The molecule has 0 fully saturated rings. The third-order valence-corrected chi connectivity index (χ3v) is 4.79. The Kier molecular flexibility index (Phi) is 5.37. The summed E-state index contributed by atoms with van der Waals surface area (Å²) in [5, 5.41) is 4.63. The van der Waals surface area contributed by atoms with E-state index in [2.05, 4.69) is 22.2 Å². The molecule has 1 aromatic heterocycles. The summed E-state index contributed by atoms with van der Waals surface area (Å²) < 4.78 is 0. The normalized spacial score (nSPS) is 16.6. The number of pyridine rings is 1. The van der Waals surface area contributed by atoms with Gasteiger partial charge < -0.3 is 5.32 Å². The summed E-state index contributed by atoms with van der Waals surface area (Å²) in [6, 6.07) is 10.6. The molecule has 124 valence electrons. The van der Waals surface area contributed by atoms with Crippen molar-refractivity contribution >= 4 is 40.2 Å². The minimum atomic E-state index is -0.221. The summed E-state index contributed by atoms with van der Waals surface area (Å²) in [7, 11) is 0. The van der Waals surface area contributed by atoms with Crippen LogP contribution in [0.3, 0.4) is 0 Å². The van der Waals surface area contributed by atoms with E-state index in [-0.39, 0.29) is 6.03 Å². The molecule has 1 unspecified atom stereocenters. The molecule has 2 aromatic rings. The Hall–Kier alpha value is -2.05. The van der Waals surface area contributed by atoms with E-state index >= 15 is 0 Å². The van der Waals surface area contributed by atoms with Crippen LogP contribution in [-0.4, -0.2) is 32.9 Å². The summed E-state index contributed by atoms with van der Waals surface area (Å²) in [4.78, 5) is 23.0. The molecule has 5 nitrogen and oxygen atoms in total. The molecule has 0 saturated carbocycles. The maximum absolute atomic E-state index is 12.8. The molecule has 3 rings (SSSR count). The van der Waals surface area contributed by atoms with Gasteiger partial charge in [-0.25, -0.2) is 4.79 Å². The van der Waals surface area contributed by atoms with Gasteiger partial charge in [0.1, 0.15) is 0 Å². The number of amidine groups is 1. The van der Waals surface area contributed by atoms with Crippen molar-refractivity contribution in [2.75, 3.05) is 11.9 Å². The zero-order valence-electron chi connectivity index (χ0n) is 13.1. The number of aromatic nitrogens is 1. The Labute approximate surface area is 150 Å². The standard InChI is InChI=1S/C17H17ClN4OS/c1-12-9-20-17(24-12)22(11-13-3-2-8-19-10-13)16(23)21-15-6-4-14(18)5-7-15/h2-8,10,12H,9,11H2,1H3,(H,21,23). The SMILES string of the molecule is CC1CN=C(N(Cc2cccnc2)C(=O)Nc2ccc(Cl)cc2)S1. The van der Waals surface area contributed by atoms with E-state index in [1.54, 1.807) is 53.3 Å². The summed E-state index contributed by atoms with van der Waals surface area (Å²) in [6.45, 7) is 3.24. The van der Waals surface area contributed by atoms with Gasteiger partial charge in [0, 0.05) is 28.4 Å². The van der Waals surface area contributed by atoms with Crippen LogP contribution >= 0.6 is 23.4 Å². The van der Waals surface area contributed by atoms with Crippen molar-refractivity contribution in [3.05, 3.63) is 59.4 Å². The van der Waals surface area contributed by atoms with Gasteiger partial charge in [-0.1, -0.05) is 36.4 Å². The molecule has 0 aliphatic carbocycles. The van der Waals surface area contributed by atoms with Crippen LogP contribution < -0.4 is 5.32 Å². The Balaban J connectivity index is 1.78. The number of nitrogens with zero attached hydrogens (tertiary/aromatic N) is 3. The number of hydrogen-bond acceptors (Lipinski definition) is 4. The minimum absolute atomic E-state index is 0.221. The van der Waals surface area contributed by atoms with Crippen molar-refractivity contribution in [1.29, 1.82) is 0 Å². The van der Waals surface area contributed by atoms with Gasteiger partial charge >= 0.3 is 6.03 Å². The Morgan fingerprint density at radius 1 is 1.38 bits per heavy atom. The summed E-state index contributed by atoms with van der Waals surface area (Å²) in [5.74, 6) is 0. The number of anilines is 1. The molecule has 1 atom stereocenters. The molecule has 7 heteroatoms. The smallest absolute Gasteiger partial charge is 0.307 e. The molecular formula is C17H17ClN4OS. The number of carbonyl (C=O) groups excluding carboxylic acids is 1. The molecule has 1 aliphatic heterocycles. The van der Waals surface area contributed by atoms with Crippen molar-refractivity contribution < 1.29 is 4.79 Å². The highest BCUT2D eigenvalue weighted by atomic mass is 35.5. The van der Waals surface area contributed by atoms with E-state index < -0.39 is 0 Å². The second-order valence-electron chi connectivity index (χ2n) is 5.44. The lowest BCUT2D eigenvalue weighted by Crippen LogP contribution is -2.37. The highest BCUT2D eigenvalue weighted by molar-refractivity contribution is 8.14. The number of rotatable bonds is 3. The number of carbonyl (C=O) groups is 1. The summed E-state index contributed by atoms with van der Waals surface area (Å²) in [6.07, 6.45) is 3.47. The first-order valence-corrected chi connectivity index (χ1v) is 8.81. The first-order valence-electron chi connectivity index (χ1n) is 7.56. The van der Waals surface area contributed by atoms with Gasteiger partial charge in [0.15, 0.2) is 5.17 Å². The molecule has 24 heavy (non-hydrogen) atoms. The first kappa shape index (κ1) is 16.8. The maximum atomic E-state index is 12.8. The summed E-state index contributed by atoms with van der Waals surface area (Å²) in [5.41, 5.74) is 1.64. The average molecular weight is 361 g/mol. The number of thioether (sulfide) groups is 1. The molecule has 1 N–H and O–H groups in total. The van der Waals surface area contributed by atoms with E-state index in [1.807, 2.05) is 12.1 Å². The highest BCUT2D eigenvalue weighted by Crippen LogP contribution is 2.25. The van der Waals surface area contributed by atoms with E-state index in [9.17, 15) is 4.79 Å². The fourth-order valence-corrected chi connectivity index (χ4v) is 3.29. The van der Waals surface area contributed by atoms with Crippen molar-refractivity contribution in [1.82, 2.24) is 9.88 Å². The topological polar surface area (TPSA) is 57.6 Å². The van der Waals surface area contributed by atoms with Crippen molar-refractivity contribution in [2.24, 2.45) is 4.99 Å². The van der Waals surface area contributed by atoms with Gasteiger partial charge in [-0.05, 0) is 35.9 Å². The van der Waals surface area contributed by atoms with Crippen LogP contribution in [0.5, 0.6) is 0 Å². The number of nitrogens with one attached hydrogen (secondary N) is 1. The van der Waals surface area contributed by atoms with Crippen LogP contribution in [0.15, 0.2) is 53.8 Å². The molecule has 1 aliphatic rings. The molecule has 0 bridgehead atoms. The van der Waals surface area contributed by atoms with E-state index in [0.717, 1.165) is 17.3 Å². The number of benzene rings is 1. The Bertz CT molecular complexity index is 736. The molecule has 0 spiro atoms. The molecule has 1 aromatic carbocycles. The Morgan fingerprint density at radius 3 is 2.79 bits per heavy atom. The van der Waals surface area contributed by atoms with Gasteiger partial charge in [0.25, 0.3) is 0 Å². The van der Waals surface area contributed by atoms with Crippen LogP contribution in [0.2, 0.25) is 5.02 Å². The molecule has 0 radical (unpaired) electrons. The van der Waals surface area contributed by atoms with Gasteiger partial charge in [-0.2, -0.15) is 0 Å². The molecular weight excluding hydrogens is 344 g/mol. The van der Waals surface area contributed by atoms with Crippen LogP contribution in [0.1, 0.15) is 12.5 Å². The monoisotopic (exact) mass is 360 g/mol. The number of hydrogen-bond donors (Lipinski definition) is 1. The van der Waals surface area contributed by atoms with Gasteiger partial charge in [0.2, 0.25) is 0 Å². The van der Waals surface area contributed by atoms with Gasteiger partial charge in [-0.15, -0.1) is 0 Å². The fourth-order valence-electron chi connectivity index (χ4n) is 2.23. The Morgan fingerprint density at radius 2 is 2.17 bits per heavy atom.